The minimum Gasteiger partial charge on any atom is -0.342 e. The lowest BCUT2D eigenvalue weighted by Gasteiger charge is -2.23. The maximum Gasteiger partial charge on any atom is 0.328 e. The van der Waals surface area contributed by atoms with Gasteiger partial charge in [-0.05, 0) is 19.1 Å². The molecule has 1 unspecified atom stereocenters. The van der Waals surface area contributed by atoms with Crippen molar-refractivity contribution in [3.05, 3.63) is 45.1 Å². The van der Waals surface area contributed by atoms with Crippen LogP contribution in [0.15, 0.2) is 33.9 Å². The van der Waals surface area contributed by atoms with Crippen molar-refractivity contribution >= 4 is 29.2 Å². The molecule has 0 aliphatic heterocycles. The molecule has 0 fully saturated rings. The summed E-state index contributed by atoms with van der Waals surface area (Å²) in [5.41, 5.74) is 5.14. The van der Waals surface area contributed by atoms with Gasteiger partial charge in [-0.2, -0.15) is 0 Å². The molecule has 7 nitrogen and oxygen atoms in total. The molecule has 1 aromatic heterocycles. The molecule has 1 aromatic carbocycles. The number of hydrogen-bond donors (Lipinski definition) is 2. The van der Waals surface area contributed by atoms with Crippen molar-refractivity contribution in [3.63, 3.8) is 0 Å². The van der Waals surface area contributed by atoms with E-state index in [0.717, 1.165) is 0 Å². The first-order valence-electron chi connectivity index (χ1n) is 7.13. The number of nitrogens with zero attached hydrogens (tertiary/aromatic N) is 2. The van der Waals surface area contributed by atoms with Gasteiger partial charge in [-0.1, -0.05) is 12.1 Å². The number of para-hydroxylation sites is 1. The molecule has 0 saturated carbocycles. The Bertz CT molecular complexity index is 799. The number of carbonyl (C=O) groups is 1. The highest BCUT2D eigenvalue weighted by Crippen LogP contribution is 2.08. The van der Waals surface area contributed by atoms with Crippen LogP contribution in [0.4, 0.5) is 0 Å². The third kappa shape index (κ3) is 4.00. The van der Waals surface area contributed by atoms with Gasteiger partial charge in [0.25, 0.3) is 5.56 Å². The average Bonchev–Trinajstić information content (AvgIpc) is 2.52. The number of aromatic amines is 1. The van der Waals surface area contributed by atoms with Crippen molar-refractivity contribution in [3.8, 4) is 0 Å². The van der Waals surface area contributed by atoms with Crippen LogP contribution in [0, 0.1) is 0 Å². The molecular weight excluding hydrogens is 320 g/mol. The Labute approximate surface area is 139 Å². The number of nitrogens with two attached hydrogens (primary N) is 1. The molecule has 1 heterocycles. The van der Waals surface area contributed by atoms with E-state index < -0.39 is 11.2 Å². The number of carbonyl (C=O) groups excluding carboxylic acids is 1. The number of fused-ring (bicyclic) bond motifs is 1. The summed E-state index contributed by atoms with van der Waals surface area (Å²) >= 11 is 0. The molecule has 1 amide bonds. The largest absolute Gasteiger partial charge is 0.342 e. The van der Waals surface area contributed by atoms with Crippen molar-refractivity contribution in [2.45, 2.75) is 25.9 Å². The van der Waals surface area contributed by atoms with Crippen molar-refractivity contribution in [2.75, 3.05) is 13.6 Å². The lowest BCUT2D eigenvalue weighted by Crippen LogP contribution is -2.40. The smallest absolute Gasteiger partial charge is 0.328 e. The molecule has 0 bridgehead atoms. The monoisotopic (exact) mass is 340 g/mol. The molecule has 2 rings (SSSR count). The molecular formula is C15H21ClN4O3. The van der Waals surface area contributed by atoms with E-state index in [0.29, 0.717) is 17.4 Å². The second kappa shape index (κ2) is 7.94. The molecule has 126 valence electrons. The number of aromatic nitrogens is 2. The zero-order valence-electron chi connectivity index (χ0n) is 13.1. The van der Waals surface area contributed by atoms with E-state index in [1.54, 1.807) is 36.2 Å². The van der Waals surface area contributed by atoms with E-state index in [9.17, 15) is 14.4 Å². The van der Waals surface area contributed by atoms with Gasteiger partial charge in [-0.3, -0.25) is 19.1 Å². The molecule has 3 N–H and O–H groups in total. The van der Waals surface area contributed by atoms with Gasteiger partial charge in [-0.25, -0.2) is 4.79 Å². The van der Waals surface area contributed by atoms with Crippen molar-refractivity contribution in [2.24, 2.45) is 5.73 Å². The summed E-state index contributed by atoms with van der Waals surface area (Å²) < 4.78 is 1.41. The minimum absolute atomic E-state index is 0. The topological polar surface area (TPSA) is 101 Å². The SMILES string of the molecule is CC(CN)N(C)C(=O)CCn1c(=O)[nH]c(=O)c2ccccc21.Cl. The standard InChI is InChI=1S/C15H20N4O3.ClH/c1-10(9-16)18(2)13(20)7-8-19-12-6-4-3-5-11(12)14(21)17-15(19)22;/h3-6,10H,7-9,16H2,1-2H3,(H,17,21,22);1H. The fourth-order valence-electron chi connectivity index (χ4n) is 2.25. The minimum atomic E-state index is -0.508. The lowest BCUT2D eigenvalue weighted by molar-refractivity contribution is -0.131. The van der Waals surface area contributed by atoms with Gasteiger partial charge in [0.1, 0.15) is 0 Å². The van der Waals surface area contributed by atoms with Gasteiger partial charge in [0, 0.05) is 32.6 Å². The molecule has 1 atom stereocenters. The van der Waals surface area contributed by atoms with Gasteiger partial charge in [0.15, 0.2) is 0 Å². The summed E-state index contributed by atoms with van der Waals surface area (Å²) in [6.45, 7) is 2.44. The summed E-state index contributed by atoms with van der Waals surface area (Å²) in [5.74, 6) is -0.0971. The van der Waals surface area contributed by atoms with Crippen molar-refractivity contribution in [1.29, 1.82) is 0 Å². The van der Waals surface area contributed by atoms with Crippen LogP contribution in [-0.2, 0) is 11.3 Å². The normalized spacial score (nSPS) is 11.8. The average molecular weight is 341 g/mol. The first kappa shape index (κ1) is 18.9. The van der Waals surface area contributed by atoms with E-state index in [4.69, 9.17) is 5.73 Å². The second-order valence-electron chi connectivity index (χ2n) is 5.27. The quantitative estimate of drug-likeness (QED) is 0.817. The zero-order valence-corrected chi connectivity index (χ0v) is 13.9. The fourth-order valence-corrected chi connectivity index (χ4v) is 2.25. The number of amides is 1. The highest BCUT2D eigenvalue weighted by atomic mass is 35.5. The fraction of sp³-hybridized carbons (Fsp3) is 0.400. The number of hydrogen-bond acceptors (Lipinski definition) is 4. The summed E-state index contributed by atoms with van der Waals surface area (Å²) in [5, 5.41) is 0.429. The van der Waals surface area contributed by atoms with Crippen LogP contribution in [0.3, 0.4) is 0 Å². The molecule has 0 aliphatic carbocycles. The van der Waals surface area contributed by atoms with Gasteiger partial charge in [-0.15, -0.1) is 12.4 Å². The molecule has 0 radical (unpaired) electrons. The Morgan fingerprint density at radius 2 is 2.00 bits per heavy atom. The maximum atomic E-state index is 12.1. The van der Waals surface area contributed by atoms with E-state index in [2.05, 4.69) is 4.98 Å². The first-order valence-corrected chi connectivity index (χ1v) is 7.13. The van der Waals surface area contributed by atoms with E-state index in [1.165, 1.54) is 4.57 Å². The molecule has 8 heteroatoms. The Balaban J connectivity index is 0.00000264. The Hall–Kier alpha value is -2.12. The maximum absolute atomic E-state index is 12.1. The number of H-pyrrole nitrogens is 1. The van der Waals surface area contributed by atoms with E-state index >= 15 is 0 Å². The Morgan fingerprint density at radius 3 is 2.65 bits per heavy atom. The lowest BCUT2D eigenvalue weighted by atomic mass is 10.2. The molecule has 0 saturated heterocycles. The Kier molecular flexibility index (Phi) is 6.53. The summed E-state index contributed by atoms with van der Waals surface area (Å²) in [6, 6.07) is 6.77. The number of halogens is 1. The number of aryl methyl sites for hydroxylation is 1. The summed E-state index contributed by atoms with van der Waals surface area (Å²) in [7, 11) is 1.69. The highest BCUT2D eigenvalue weighted by Gasteiger charge is 2.15. The van der Waals surface area contributed by atoms with Gasteiger partial charge >= 0.3 is 5.69 Å². The van der Waals surface area contributed by atoms with Crippen LogP contribution in [0.25, 0.3) is 10.9 Å². The van der Waals surface area contributed by atoms with E-state index in [1.807, 2.05) is 6.92 Å². The molecule has 0 aliphatic rings. The number of nitrogens with one attached hydrogen (secondary N) is 1. The van der Waals surface area contributed by atoms with Crippen molar-refractivity contribution in [1.82, 2.24) is 14.5 Å². The van der Waals surface area contributed by atoms with Crippen molar-refractivity contribution < 1.29 is 4.79 Å². The van der Waals surface area contributed by atoms with Crippen LogP contribution in [-0.4, -0.2) is 40.0 Å². The first-order chi connectivity index (χ1) is 10.5. The van der Waals surface area contributed by atoms with Crippen LogP contribution in [0.5, 0.6) is 0 Å². The molecule has 23 heavy (non-hydrogen) atoms. The van der Waals surface area contributed by atoms with Gasteiger partial charge < -0.3 is 10.6 Å². The molecule has 2 aromatic rings. The molecule has 0 spiro atoms. The van der Waals surface area contributed by atoms with Crippen LogP contribution in [0.2, 0.25) is 0 Å². The second-order valence-corrected chi connectivity index (χ2v) is 5.27. The Morgan fingerprint density at radius 1 is 1.35 bits per heavy atom. The van der Waals surface area contributed by atoms with Crippen LogP contribution in [0.1, 0.15) is 13.3 Å². The predicted molar refractivity (Wildman–Crippen MR) is 92.0 cm³/mol. The third-order valence-electron chi connectivity index (χ3n) is 3.85. The highest BCUT2D eigenvalue weighted by molar-refractivity contribution is 5.85. The third-order valence-corrected chi connectivity index (χ3v) is 3.85. The zero-order chi connectivity index (χ0) is 16.3. The summed E-state index contributed by atoms with van der Waals surface area (Å²) in [4.78, 5) is 39.7. The number of rotatable bonds is 5. The van der Waals surface area contributed by atoms with Crippen LogP contribution >= 0.6 is 12.4 Å². The number of likely N-dealkylation sites (N-methyl/N-ethyl adjacent to an activating group) is 1. The van der Waals surface area contributed by atoms with Crippen LogP contribution < -0.4 is 17.0 Å². The summed E-state index contributed by atoms with van der Waals surface area (Å²) in [6.07, 6.45) is 0.163. The van der Waals surface area contributed by atoms with Gasteiger partial charge in [0.2, 0.25) is 5.91 Å². The van der Waals surface area contributed by atoms with Gasteiger partial charge in [0.05, 0.1) is 10.9 Å². The van der Waals surface area contributed by atoms with E-state index in [-0.39, 0.29) is 37.3 Å². The predicted octanol–water partition coefficient (Wildman–Crippen LogP) is 0.307. The number of benzene rings is 1.